The van der Waals surface area contributed by atoms with Crippen molar-refractivity contribution in [3.05, 3.63) is 0 Å². The van der Waals surface area contributed by atoms with Crippen LogP contribution in [0.15, 0.2) is 0 Å². The molecule has 0 atom stereocenters. The number of likely N-dealkylation sites (tertiary alicyclic amines) is 1. The van der Waals surface area contributed by atoms with Gasteiger partial charge in [-0.1, -0.05) is 27.7 Å². The van der Waals surface area contributed by atoms with Crippen LogP contribution in [0, 0.1) is 11.8 Å². The first-order chi connectivity index (χ1) is 6.91. The van der Waals surface area contributed by atoms with E-state index in [9.17, 15) is 0 Å². The summed E-state index contributed by atoms with van der Waals surface area (Å²) in [5.41, 5.74) is 0. The fourth-order valence-electron chi connectivity index (χ4n) is 1.81. The van der Waals surface area contributed by atoms with Gasteiger partial charge in [0.15, 0.2) is 0 Å². The van der Waals surface area contributed by atoms with E-state index in [-0.39, 0.29) is 0 Å². The van der Waals surface area contributed by atoms with E-state index < -0.39 is 0 Å². The molecule has 92 valence electrons. The number of hydrogen-bond acceptors (Lipinski definition) is 2. The van der Waals surface area contributed by atoms with Gasteiger partial charge in [-0.3, -0.25) is 0 Å². The summed E-state index contributed by atoms with van der Waals surface area (Å²) in [4.78, 5) is 4.70. The number of rotatable bonds is 4. The average Bonchev–Trinajstić information content (AvgIpc) is 1.95. The lowest BCUT2D eigenvalue weighted by Crippen LogP contribution is -2.39. The van der Waals surface area contributed by atoms with E-state index in [1.54, 1.807) is 0 Å². The van der Waals surface area contributed by atoms with Crippen molar-refractivity contribution in [2.24, 2.45) is 11.8 Å². The molecule has 1 aliphatic rings. The Hall–Kier alpha value is -0.0800. The SMILES string of the molecule is CC(C)CN(C)C.CC(C)CN1CCC1. The fraction of sp³-hybridized carbons (Fsp3) is 1.00. The molecular weight excluding hydrogens is 184 g/mol. The van der Waals surface area contributed by atoms with Crippen LogP contribution in [0.1, 0.15) is 34.1 Å². The van der Waals surface area contributed by atoms with Gasteiger partial charge in [0.25, 0.3) is 0 Å². The Morgan fingerprint density at radius 2 is 1.53 bits per heavy atom. The second-order valence-corrected chi connectivity index (χ2v) is 5.70. The molecule has 1 fully saturated rings. The smallest absolute Gasteiger partial charge is 0.000440 e. The van der Waals surface area contributed by atoms with Crippen molar-refractivity contribution in [2.45, 2.75) is 34.1 Å². The van der Waals surface area contributed by atoms with Crippen molar-refractivity contribution in [1.82, 2.24) is 9.80 Å². The second-order valence-electron chi connectivity index (χ2n) is 5.70. The largest absolute Gasteiger partial charge is 0.309 e. The molecule has 0 N–H and O–H groups in total. The molecule has 1 rings (SSSR count). The van der Waals surface area contributed by atoms with Crippen LogP contribution in [-0.2, 0) is 0 Å². The van der Waals surface area contributed by atoms with E-state index in [0.717, 1.165) is 11.8 Å². The van der Waals surface area contributed by atoms with Gasteiger partial charge in [0.2, 0.25) is 0 Å². The zero-order valence-electron chi connectivity index (χ0n) is 11.6. The van der Waals surface area contributed by atoms with Gasteiger partial charge in [-0.25, -0.2) is 0 Å². The Labute approximate surface area is 96.6 Å². The Morgan fingerprint density at radius 3 is 1.60 bits per heavy atom. The minimum absolute atomic E-state index is 0.801. The molecule has 2 nitrogen and oxygen atoms in total. The van der Waals surface area contributed by atoms with E-state index in [1.165, 1.54) is 32.6 Å². The van der Waals surface area contributed by atoms with Crippen LogP contribution in [0.25, 0.3) is 0 Å². The maximum Gasteiger partial charge on any atom is 0.000440 e. The van der Waals surface area contributed by atoms with E-state index >= 15 is 0 Å². The van der Waals surface area contributed by atoms with Crippen molar-refractivity contribution in [3.63, 3.8) is 0 Å². The molecule has 1 aliphatic heterocycles. The molecule has 1 heterocycles. The predicted molar refractivity (Wildman–Crippen MR) is 69.3 cm³/mol. The van der Waals surface area contributed by atoms with Crippen molar-refractivity contribution < 1.29 is 0 Å². The van der Waals surface area contributed by atoms with Crippen molar-refractivity contribution in [3.8, 4) is 0 Å². The molecule has 0 aromatic rings. The minimum Gasteiger partial charge on any atom is -0.309 e. The van der Waals surface area contributed by atoms with Crippen LogP contribution in [0.4, 0.5) is 0 Å². The highest BCUT2D eigenvalue weighted by molar-refractivity contribution is 4.68. The summed E-state index contributed by atoms with van der Waals surface area (Å²) in [5, 5.41) is 0. The molecule has 0 aromatic carbocycles. The second kappa shape index (κ2) is 8.12. The van der Waals surface area contributed by atoms with E-state index in [0.29, 0.717) is 0 Å². The molecular formula is C13H30N2. The van der Waals surface area contributed by atoms with E-state index in [1.807, 2.05) is 0 Å². The third-order valence-electron chi connectivity index (χ3n) is 2.30. The van der Waals surface area contributed by atoms with Crippen LogP contribution in [-0.4, -0.2) is 50.1 Å². The van der Waals surface area contributed by atoms with Gasteiger partial charge in [-0.15, -0.1) is 0 Å². The van der Waals surface area contributed by atoms with Gasteiger partial charge in [0.05, 0.1) is 0 Å². The predicted octanol–water partition coefficient (Wildman–Crippen LogP) is 2.55. The molecule has 0 aliphatic carbocycles. The third-order valence-corrected chi connectivity index (χ3v) is 2.30. The van der Waals surface area contributed by atoms with Crippen LogP contribution in [0.5, 0.6) is 0 Å². The topological polar surface area (TPSA) is 6.48 Å². The lowest BCUT2D eigenvalue weighted by molar-refractivity contribution is 0.161. The minimum atomic E-state index is 0.801. The average molecular weight is 214 g/mol. The van der Waals surface area contributed by atoms with Crippen LogP contribution in [0.2, 0.25) is 0 Å². The molecule has 0 radical (unpaired) electrons. The highest BCUT2D eigenvalue weighted by atomic mass is 15.2. The lowest BCUT2D eigenvalue weighted by atomic mass is 10.1. The van der Waals surface area contributed by atoms with E-state index in [2.05, 4.69) is 51.6 Å². The number of hydrogen-bond donors (Lipinski definition) is 0. The lowest BCUT2D eigenvalue weighted by Gasteiger charge is -2.31. The highest BCUT2D eigenvalue weighted by Gasteiger charge is 2.13. The third kappa shape index (κ3) is 10.2. The standard InChI is InChI=1S/C7H15N.C6H15N/c1-7(2)6-8-4-3-5-8;1-6(2)5-7(3)4/h7H,3-6H2,1-2H3;6H,5H2,1-4H3. The molecule has 1 saturated heterocycles. The highest BCUT2D eigenvalue weighted by Crippen LogP contribution is 2.07. The summed E-state index contributed by atoms with van der Waals surface area (Å²) in [6.07, 6.45) is 1.42. The summed E-state index contributed by atoms with van der Waals surface area (Å²) in [7, 11) is 4.19. The van der Waals surface area contributed by atoms with Crippen LogP contribution >= 0.6 is 0 Å². The molecule has 0 bridgehead atoms. The summed E-state index contributed by atoms with van der Waals surface area (Å²) in [6.45, 7) is 14.2. The Bertz CT molecular complexity index is 131. The molecule has 0 unspecified atom stereocenters. The Morgan fingerprint density at radius 1 is 1.00 bits per heavy atom. The summed E-state index contributed by atoms with van der Waals surface area (Å²) in [5.74, 6) is 1.66. The van der Waals surface area contributed by atoms with Crippen molar-refractivity contribution in [2.75, 3.05) is 40.3 Å². The fourth-order valence-corrected chi connectivity index (χ4v) is 1.81. The van der Waals surface area contributed by atoms with Crippen molar-refractivity contribution >= 4 is 0 Å². The van der Waals surface area contributed by atoms with E-state index in [4.69, 9.17) is 0 Å². The Balaban J connectivity index is 0.000000265. The molecule has 0 spiro atoms. The molecule has 15 heavy (non-hydrogen) atoms. The van der Waals surface area contributed by atoms with Gasteiger partial charge in [-0.05, 0) is 52.0 Å². The summed E-state index contributed by atoms with van der Waals surface area (Å²) < 4.78 is 0. The first-order valence-corrected chi connectivity index (χ1v) is 6.29. The van der Waals surface area contributed by atoms with Gasteiger partial charge in [-0.2, -0.15) is 0 Å². The van der Waals surface area contributed by atoms with Gasteiger partial charge >= 0.3 is 0 Å². The number of nitrogens with zero attached hydrogens (tertiary/aromatic N) is 2. The van der Waals surface area contributed by atoms with Crippen LogP contribution in [0.3, 0.4) is 0 Å². The maximum absolute atomic E-state index is 2.50. The van der Waals surface area contributed by atoms with Crippen LogP contribution < -0.4 is 0 Å². The zero-order valence-corrected chi connectivity index (χ0v) is 11.6. The quantitative estimate of drug-likeness (QED) is 0.709. The van der Waals surface area contributed by atoms with Gasteiger partial charge in [0, 0.05) is 6.54 Å². The van der Waals surface area contributed by atoms with Gasteiger partial charge < -0.3 is 9.80 Å². The molecule has 0 saturated carbocycles. The summed E-state index contributed by atoms with van der Waals surface area (Å²) >= 11 is 0. The normalized spacial score (nSPS) is 16.6. The van der Waals surface area contributed by atoms with Gasteiger partial charge in [0.1, 0.15) is 0 Å². The molecule has 2 heteroatoms. The zero-order chi connectivity index (χ0) is 11.8. The molecule has 0 aromatic heterocycles. The first-order valence-electron chi connectivity index (χ1n) is 6.29. The Kier molecular flexibility index (Phi) is 8.07. The maximum atomic E-state index is 2.50. The van der Waals surface area contributed by atoms with Crippen molar-refractivity contribution in [1.29, 1.82) is 0 Å². The summed E-state index contributed by atoms with van der Waals surface area (Å²) in [6, 6.07) is 0. The first kappa shape index (κ1) is 14.9. The molecule has 0 amide bonds. The monoisotopic (exact) mass is 214 g/mol.